The Labute approximate surface area is 230 Å². The number of piperazine rings is 1. The van der Waals surface area contributed by atoms with E-state index in [9.17, 15) is 23.2 Å². The molecule has 4 heterocycles. The summed E-state index contributed by atoms with van der Waals surface area (Å²) in [6, 6.07) is 9.60. The fraction of sp³-hybridized carbons (Fsp3) is 0.393. The maximum atomic E-state index is 13.8. The molecule has 0 aromatic carbocycles. The molecular weight excluding hydrogens is 525 g/mol. The normalized spacial score (nSPS) is 15.5. The van der Waals surface area contributed by atoms with Gasteiger partial charge in [-0.25, -0.2) is 9.97 Å². The number of halogens is 3. The highest BCUT2D eigenvalue weighted by atomic mass is 19.4. The van der Waals surface area contributed by atoms with Crippen LogP contribution in [0.15, 0.2) is 42.7 Å². The molecule has 1 aliphatic rings. The zero-order valence-electron chi connectivity index (χ0n) is 22.4. The molecule has 12 heteroatoms. The molecule has 0 unspecified atom stereocenters. The van der Waals surface area contributed by atoms with Crippen LogP contribution < -0.4 is 14.4 Å². The van der Waals surface area contributed by atoms with Crippen LogP contribution in [0.4, 0.5) is 18.9 Å². The number of pyridine rings is 3. The number of alkyl halides is 3. The van der Waals surface area contributed by atoms with Crippen LogP contribution in [0.2, 0.25) is 0 Å². The van der Waals surface area contributed by atoms with E-state index >= 15 is 0 Å². The predicted molar refractivity (Wildman–Crippen MR) is 141 cm³/mol. The van der Waals surface area contributed by atoms with Gasteiger partial charge in [0.15, 0.2) is 11.4 Å². The fourth-order valence-corrected chi connectivity index (χ4v) is 4.70. The number of nitriles is 1. The fourth-order valence-electron chi connectivity index (χ4n) is 4.70. The minimum atomic E-state index is -4.83. The zero-order valence-corrected chi connectivity index (χ0v) is 22.4. The maximum Gasteiger partial charge on any atom is 0.434 e. The molecular formula is C28H29F3N6O3. The highest BCUT2D eigenvalue weighted by Crippen LogP contribution is 2.36. The molecule has 3 aromatic rings. The van der Waals surface area contributed by atoms with Crippen molar-refractivity contribution in [3.8, 4) is 29.0 Å². The monoisotopic (exact) mass is 554 g/mol. The molecule has 1 fully saturated rings. The van der Waals surface area contributed by atoms with Crippen LogP contribution in [0.3, 0.4) is 0 Å². The van der Waals surface area contributed by atoms with Crippen LogP contribution in [0.1, 0.15) is 48.9 Å². The van der Waals surface area contributed by atoms with Gasteiger partial charge in [0.1, 0.15) is 17.5 Å². The van der Waals surface area contributed by atoms with Gasteiger partial charge in [0.25, 0.3) is 5.91 Å². The van der Waals surface area contributed by atoms with E-state index in [4.69, 9.17) is 9.47 Å². The molecule has 4 rings (SSSR count). The Bertz CT molecular complexity index is 1390. The van der Waals surface area contributed by atoms with Crippen LogP contribution in [-0.4, -0.2) is 64.6 Å². The molecule has 1 amide bonds. The van der Waals surface area contributed by atoms with Crippen molar-refractivity contribution in [3.63, 3.8) is 0 Å². The smallest absolute Gasteiger partial charge is 0.434 e. The minimum Gasteiger partial charge on any atom is -0.492 e. The first kappa shape index (κ1) is 28.6. The summed E-state index contributed by atoms with van der Waals surface area (Å²) >= 11 is 0. The lowest BCUT2D eigenvalue weighted by Crippen LogP contribution is -2.55. The van der Waals surface area contributed by atoms with Crippen molar-refractivity contribution in [1.82, 2.24) is 19.9 Å². The van der Waals surface area contributed by atoms with E-state index in [-0.39, 0.29) is 43.9 Å². The van der Waals surface area contributed by atoms with Crippen LogP contribution in [0.25, 0.3) is 11.3 Å². The van der Waals surface area contributed by atoms with Crippen LogP contribution in [-0.2, 0) is 6.18 Å². The van der Waals surface area contributed by atoms with Gasteiger partial charge in [-0.15, -0.1) is 0 Å². The number of rotatable bonds is 8. The Morgan fingerprint density at radius 1 is 1.12 bits per heavy atom. The van der Waals surface area contributed by atoms with Gasteiger partial charge >= 0.3 is 6.18 Å². The predicted octanol–water partition coefficient (Wildman–Crippen LogP) is 4.97. The lowest BCUT2D eigenvalue weighted by Gasteiger charge is -2.43. The number of aromatic nitrogens is 3. The summed E-state index contributed by atoms with van der Waals surface area (Å²) in [7, 11) is 0. The van der Waals surface area contributed by atoms with E-state index in [2.05, 4.69) is 21.0 Å². The second kappa shape index (κ2) is 12.2. The third-order valence-corrected chi connectivity index (χ3v) is 6.52. The van der Waals surface area contributed by atoms with Gasteiger partial charge in [0.2, 0.25) is 5.88 Å². The highest BCUT2D eigenvalue weighted by molar-refractivity contribution is 5.95. The number of carbonyl (C=O) groups is 1. The van der Waals surface area contributed by atoms with Crippen molar-refractivity contribution >= 4 is 11.6 Å². The third-order valence-electron chi connectivity index (χ3n) is 6.52. The first-order valence-corrected chi connectivity index (χ1v) is 13.0. The molecule has 40 heavy (non-hydrogen) atoms. The van der Waals surface area contributed by atoms with E-state index < -0.39 is 23.3 Å². The number of carbonyl (C=O) groups excluding carboxylic acids is 1. The van der Waals surface area contributed by atoms with Gasteiger partial charge in [-0.2, -0.15) is 18.4 Å². The van der Waals surface area contributed by atoms with Gasteiger partial charge in [-0.3, -0.25) is 9.78 Å². The first-order chi connectivity index (χ1) is 19.2. The van der Waals surface area contributed by atoms with E-state index in [1.807, 2.05) is 24.8 Å². The topological polar surface area (TPSA) is 104 Å². The summed E-state index contributed by atoms with van der Waals surface area (Å²) in [5, 5.41) is 9.97. The molecule has 0 bridgehead atoms. The second-order valence-electron chi connectivity index (χ2n) is 8.97. The SMILES string of the molecule is CCOc1ccc(C(=O)N2CCN(c3cc(OCC)c(-c4cccnc4)nc3C#N)[C@H](CC)C2)c(C(F)(F)F)n1. The zero-order chi connectivity index (χ0) is 28.9. The van der Waals surface area contributed by atoms with Gasteiger partial charge in [0.05, 0.1) is 24.5 Å². The molecule has 0 aliphatic carbocycles. The van der Waals surface area contributed by atoms with Crippen molar-refractivity contribution in [2.75, 3.05) is 37.7 Å². The summed E-state index contributed by atoms with van der Waals surface area (Å²) in [5.41, 5.74) is 0.0906. The third kappa shape index (κ3) is 5.93. The number of amides is 1. The molecule has 1 aliphatic heterocycles. The van der Waals surface area contributed by atoms with Crippen molar-refractivity contribution in [3.05, 3.63) is 59.7 Å². The molecule has 3 aromatic heterocycles. The Morgan fingerprint density at radius 2 is 1.90 bits per heavy atom. The molecule has 0 N–H and O–H groups in total. The summed E-state index contributed by atoms with van der Waals surface area (Å²) < 4.78 is 52.4. The van der Waals surface area contributed by atoms with Crippen molar-refractivity contribution in [1.29, 1.82) is 5.26 Å². The number of ether oxygens (including phenoxy) is 2. The van der Waals surface area contributed by atoms with Crippen molar-refractivity contribution in [2.24, 2.45) is 0 Å². The van der Waals surface area contributed by atoms with Crippen molar-refractivity contribution < 1.29 is 27.4 Å². The standard InChI is InChI=1S/C28H29F3N6O3/c1-4-19-17-36(27(38)20-9-10-24(40-6-3)35-26(20)28(29,30)31)12-13-37(19)22-14-23(39-5-2)25(34-21(22)15-32)18-8-7-11-33-16-18/h7-11,14,16,19H,4-6,12-13,17H2,1-3H3/t19-/m1/s1. The minimum absolute atomic E-state index is 0.138. The summed E-state index contributed by atoms with van der Waals surface area (Å²) in [5.74, 6) is -0.478. The van der Waals surface area contributed by atoms with Crippen molar-refractivity contribution in [2.45, 2.75) is 39.4 Å². The molecule has 1 atom stereocenters. The van der Waals surface area contributed by atoms with E-state index in [0.717, 1.165) is 6.07 Å². The lowest BCUT2D eigenvalue weighted by atomic mass is 10.0. The van der Waals surface area contributed by atoms with Crippen LogP contribution >= 0.6 is 0 Å². The van der Waals surface area contributed by atoms with Gasteiger partial charge in [-0.05, 0) is 38.5 Å². The Balaban J connectivity index is 1.65. The van der Waals surface area contributed by atoms with E-state index in [1.54, 1.807) is 31.5 Å². The number of hydrogen-bond acceptors (Lipinski definition) is 8. The first-order valence-electron chi connectivity index (χ1n) is 13.0. The largest absolute Gasteiger partial charge is 0.492 e. The molecule has 0 radical (unpaired) electrons. The highest BCUT2D eigenvalue weighted by Gasteiger charge is 2.40. The molecule has 0 saturated carbocycles. The lowest BCUT2D eigenvalue weighted by molar-refractivity contribution is -0.141. The Hall–Kier alpha value is -4.40. The van der Waals surface area contributed by atoms with E-state index in [0.29, 0.717) is 35.7 Å². The summed E-state index contributed by atoms with van der Waals surface area (Å²) in [6.45, 7) is 6.48. The van der Waals surface area contributed by atoms with Crippen LogP contribution in [0.5, 0.6) is 11.6 Å². The average Bonchev–Trinajstić information content (AvgIpc) is 2.96. The summed E-state index contributed by atoms with van der Waals surface area (Å²) in [4.78, 5) is 29.0. The average molecular weight is 555 g/mol. The Morgan fingerprint density at radius 3 is 2.52 bits per heavy atom. The number of nitrogens with zero attached hydrogens (tertiary/aromatic N) is 6. The summed E-state index contributed by atoms with van der Waals surface area (Å²) in [6.07, 6.45) is -0.993. The molecule has 210 valence electrons. The Kier molecular flexibility index (Phi) is 8.72. The van der Waals surface area contributed by atoms with Crippen LogP contribution in [0, 0.1) is 11.3 Å². The molecule has 0 spiro atoms. The number of hydrogen-bond donors (Lipinski definition) is 0. The number of anilines is 1. The maximum absolute atomic E-state index is 13.8. The van der Waals surface area contributed by atoms with E-state index in [1.165, 1.54) is 11.0 Å². The molecule has 1 saturated heterocycles. The second-order valence-corrected chi connectivity index (χ2v) is 8.97. The van der Waals surface area contributed by atoms with Gasteiger partial charge in [0, 0.05) is 55.8 Å². The van der Waals surface area contributed by atoms with Gasteiger partial charge in [-0.1, -0.05) is 6.92 Å². The van der Waals surface area contributed by atoms with Gasteiger partial charge < -0.3 is 19.3 Å². The quantitative estimate of drug-likeness (QED) is 0.385. The molecule has 9 nitrogen and oxygen atoms in total.